The Morgan fingerprint density at radius 2 is 1.76 bits per heavy atom. The molecule has 0 saturated carbocycles. The average molecular weight is 403 g/mol. The lowest BCUT2D eigenvalue weighted by Gasteiger charge is -2.33. The molecule has 1 aromatic rings. The number of hydrogen-bond acceptors (Lipinski definition) is 8. The molecule has 29 heavy (non-hydrogen) atoms. The minimum absolute atomic E-state index is 0.0706. The molecule has 0 radical (unpaired) electrons. The Bertz CT molecular complexity index is 901. The van der Waals surface area contributed by atoms with E-state index in [1.54, 1.807) is 19.1 Å². The molecular formula is C21H25NO7. The van der Waals surface area contributed by atoms with Gasteiger partial charge in [0.05, 0.1) is 33.9 Å². The number of ether oxygens (including phenoxy) is 5. The molecule has 0 fully saturated rings. The summed E-state index contributed by atoms with van der Waals surface area (Å²) in [5, 5.41) is 0. The summed E-state index contributed by atoms with van der Waals surface area (Å²) in [6.45, 7) is 1.85. The Morgan fingerprint density at radius 1 is 1.10 bits per heavy atom. The van der Waals surface area contributed by atoms with Crippen molar-refractivity contribution in [3.05, 3.63) is 40.5 Å². The molecule has 0 amide bonds. The molecule has 0 aromatic heterocycles. The van der Waals surface area contributed by atoms with Gasteiger partial charge in [0.15, 0.2) is 17.3 Å². The summed E-state index contributed by atoms with van der Waals surface area (Å²) in [6, 6.07) is 3.34. The molecule has 1 unspecified atom stereocenters. The quantitative estimate of drug-likeness (QED) is 0.723. The first kappa shape index (κ1) is 20.6. The summed E-state index contributed by atoms with van der Waals surface area (Å²) in [6.07, 6.45) is 1.59. The van der Waals surface area contributed by atoms with Gasteiger partial charge in [-0.05, 0) is 19.4 Å². The summed E-state index contributed by atoms with van der Waals surface area (Å²) < 4.78 is 27.2. The van der Waals surface area contributed by atoms with Crippen molar-refractivity contribution in [2.45, 2.75) is 32.1 Å². The second-order valence-corrected chi connectivity index (χ2v) is 6.60. The first-order valence-corrected chi connectivity index (χ1v) is 9.37. The monoisotopic (exact) mass is 403 g/mol. The summed E-state index contributed by atoms with van der Waals surface area (Å²) in [4.78, 5) is 25.7. The van der Waals surface area contributed by atoms with Crippen LogP contribution in [0.2, 0.25) is 0 Å². The molecule has 1 aromatic carbocycles. The van der Waals surface area contributed by atoms with E-state index in [4.69, 9.17) is 29.4 Å². The Morgan fingerprint density at radius 3 is 2.38 bits per heavy atom. The van der Waals surface area contributed by atoms with Crippen LogP contribution in [0.25, 0.3) is 0 Å². The van der Waals surface area contributed by atoms with E-state index in [0.717, 1.165) is 0 Å². The van der Waals surface area contributed by atoms with Crippen LogP contribution in [0, 0.1) is 0 Å². The van der Waals surface area contributed by atoms with Crippen molar-refractivity contribution in [3.63, 3.8) is 0 Å². The molecule has 1 aliphatic carbocycles. The van der Waals surface area contributed by atoms with Crippen molar-refractivity contribution < 1.29 is 33.3 Å². The number of nitrogens with two attached hydrogens (primary N) is 1. The van der Waals surface area contributed by atoms with Crippen molar-refractivity contribution in [1.82, 2.24) is 0 Å². The fraction of sp³-hybridized carbons (Fsp3) is 0.429. The minimum Gasteiger partial charge on any atom is -0.496 e. The third-order valence-electron chi connectivity index (χ3n) is 5.03. The molecule has 1 heterocycles. The number of hydrogen-bond donors (Lipinski definition) is 1. The lowest BCUT2D eigenvalue weighted by molar-refractivity contribution is -0.139. The van der Waals surface area contributed by atoms with Crippen molar-refractivity contribution >= 4 is 11.8 Å². The molecule has 0 bridgehead atoms. The van der Waals surface area contributed by atoms with Crippen molar-refractivity contribution in [3.8, 4) is 17.2 Å². The van der Waals surface area contributed by atoms with E-state index >= 15 is 0 Å². The van der Waals surface area contributed by atoms with Gasteiger partial charge >= 0.3 is 5.97 Å². The largest absolute Gasteiger partial charge is 0.496 e. The molecule has 1 atom stereocenters. The highest BCUT2D eigenvalue weighted by molar-refractivity contribution is 6.03. The number of esters is 1. The van der Waals surface area contributed by atoms with Crippen LogP contribution in [-0.2, 0) is 19.1 Å². The number of carbonyl (C=O) groups excluding carboxylic acids is 2. The van der Waals surface area contributed by atoms with Gasteiger partial charge in [-0.2, -0.15) is 0 Å². The first-order chi connectivity index (χ1) is 14.0. The number of Topliss-reactive ketones (excluding diaryl/α,β-unsaturated/α-hetero) is 1. The SMILES string of the molecule is CCOC(=O)C1=C(N)OC2=C(C(=O)CCC2)C1c1cc(OC)c(OC)cc1OC. The fourth-order valence-corrected chi connectivity index (χ4v) is 3.75. The van der Waals surface area contributed by atoms with E-state index in [9.17, 15) is 9.59 Å². The lowest BCUT2D eigenvalue weighted by atomic mass is 9.77. The van der Waals surface area contributed by atoms with E-state index in [1.165, 1.54) is 21.3 Å². The van der Waals surface area contributed by atoms with Crippen molar-refractivity contribution in [2.75, 3.05) is 27.9 Å². The normalized spacial score (nSPS) is 18.8. The Labute approximate surface area is 169 Å². The number of allylic oxidation sites excluding steroid dienone is 2. The highest BCUT2D eigenvalue weighted by Crippen LogP contribution is 2.48. The second-order valence-electron chi connectivity index (χ2n) is 6.60. The van der Waals surface area contributed by atoms with Gasteiger partial charge in [0, 0.05) is 30.0 Å². The maximum absolute atomic E-state index is 12.9. The van der Waals surface area contributed by atoms with Crippen LogP contribution < -0.4 is 19.9 Å². The topological polar surface area (TPSA) is 106 Å². The number of carbonyl (C=O) groups is 2. The summed E-state index contributed by atoms with van der Waals surface area (Å²) in [7, 11) is 4.52. The van der Waals surface area contributed by atoms with Crippen molar-refractivity contribution in [2.24, 2.45) is 5.73 Å². The van der Waals surface area contributed by atoms with Gasteiger partial charge in [0.2, 0.25) is 5.88 Å². The average Bonchev–Trinajstić information content (AvgIpc) is 2.71. The zero-order valence-electron chi connectivity index (χ0n) is 17.0. The van der Waals surface area contributed by atoms with Crippen LogP contribution in [0.3, 0.4) is 0 Å². The Balaban J connectivity index is 2.28. The zero-order chi connectivity index (χ0) is 21.1. The van der Waals surface area contributed by atoms with Gasteiger partial charge < -0.3 is 29.4 Å². The molecule has 3 rings (SSSR count). The van der Waals surface area contributed by atoms with Gasteiger partial charge in [-0.15, -0.1) is 0 Å². The Hall–Kier alpha value is -3.16. The van der Waals surface area contributed by atoms with E-state index in [2.05, 4.69) is 0 Å². The second kappa shape index (κ2) is 8.46. The summed E-state index contributed by atoms with van der Waals surface area (Å²) >= 11 is 0. The molecule has 156 valence electrons. The first-order valence-electron chi connectivity index (χ1n) is 9.37. The lowest BCUT2D eigenvalue weighted by Crippen LogP contribution is -2.31. The molecule has 0 saturated heterocycles. The molecule has 1 aliphatic heterocycles. The maximum atomic E-state index is 12.9. The molecule has 2 N–H and O–H groups in total. The number of benzene rings is 1. The smallest absolute Gasteiger partial charge is 0.340 e. The predicted octanol–water partition coefficient (Wildman–Crippen LogP) is 2.57. The van der Waals surface area contributed by atoms with Crippen LogP contribution in [-0.4, -0.2) is 39.7 Å². The number of methoxy groups -OCH3 is 3. The van der Waals surface area contributed by atoms with Crippen LogP contribution in [0.15, 0.2) is 34.9 Å². The standard InChI is InChI=1S/C21H25NO7/c1-5-28-21(24)19-17(18-12(23)7-6-8-13(18)29-20(19)22)11-9-15(26-3)16(27-4)10-14(11)25-2/h9-10,17H,5-8,22H2,1-4H3. The Kier molecular flexibility index (Phi) is 6.00. The highest BCUT2D eigenvalue weighted by atomic mass is 16.5. The van der Waals surface area contributed by atoms with Gasteiger partial charge in [0.25, 0.3) is 0 Å². The fourth-order valence-electron chi connectivity index (χ4n) is 3.75. The molecule has 2 aliphatic rings. The third-order valence-corrected chi connectivity index (χ3v) is 5.03. The predicted molar refractivity (Wildman–Crippen MR) is 104 cm³/mol. The van der Waals surface area contributed by atoms with Crippen LogP contribution in [0.1, 0.15) is 37.7 Å². The van der Waals surface area contributed by atoms with Crippen LogP contribution >= 0.6 is 0 Å². The van der Waals surface area contributed by atoms with Gasteiger partial charge in [0.1, 0.15) is 17.1 Å². The minimum atomic E-state index is -0.791. The maximum Gasteiger partial charge on any atom is 0.340 e. The third kappa shape index (κ3) is 3.62. The molecular weight excluding hydrogens is 378 g/mol. The number of ketones is 1. The van der Waals surface area contributed by atoms with Gasteiger partial charge in [-0.1, -0.05) is 0 Å². The molecule has 8 heteroatoms. The summed E-state index contributed by atoms with van der Waals surface area (Å²) in [5.41, 5.74) is 7.14. The van der Waals surface area contributed by atoms with Crippen molar-refractivity contribution in [1.29, 1.82) is 0 Å². The van der Waals surface area contributed by atoms with Gasteiger partial charge in [-0.3, -0.25) is 4.79 Å². The molecule has 8 nitrogen and oxygen atoms in total. The number of rotatable bonds is 6. The van der Waals surface area contributed by atoms with Crippen LogP contribution in [0.5, 0.6) is 17.2 Å². The highest BCUT2D eigenvalue weighted by Gasteiger charge is 2.42. The van der Waals surface area contributed by atoms with E-state index in [-0.39, 0.29) is 23.8 Å². The van der Waals surface area contributed by atoms with E-state index in [1.807, 2.05) is 0 Å². The van der Waals surface area contributed by atoms with Crippen LogP contribution in [0.4, 0.5) is 0 Å². The summed E-state index contributed by atoms with van der Waals surface area (Å²) in [5.74, 6) is 0.196. The molecule has 0 spiro atoms. The van der Waals surface area contributed by atoms with E-state index < -0.39 is 11.9 Å². The van der Waals surface area contributed by atoms with E-state index in [0.29, 0.717) is 53.4 Å². The zero-order valence-corrected chi connectivity index (χ0v) is 17.0. The van der Waals surface area contributed by atoms with Gasteiger partial charge in [-0.25, -0.2) is 4.79 Å².